The van der Waals surface area contributed by atoms with E-state index in [9.17, 15) is 0 Å². The lowest BCUT2D eigenvalue weighted by atomic mass is 10.00. The number of hydrogen-bond donors (Lipinski definition) is 0. The Balaban J connectivity index is 1.94. The highest BCUT2D eigenvalue weighted by Crippen LogP contribution is 2.46. The summed E-state index contributed by atoms with van der Waals surface area (Å²) in [6, 6.07) is 0. The van der Waals surface area contributed by atoms with Crippen LogP contribution in [0.4, 0.5) is 0 Å². The summed E-state index contributed by atoms with van der Waals surface area (Å²) in [4.78, 5) is 5.06. The van der Waals surface area contributed by atoms with E-state index < -0.39 is 0 Å². The summed E-state index contributed by atoms with van der Waals surface area (Å²) in [5.41, 5.74) is 23.8. The summed E-state index contributed by atoms with van der Waals surface area (Å²) in [6.45, 7) is 31.7. The molecule has 5 rings (SSSR count). The Morgan fingerprint density at radius 1 is 0.622 bits per heavy atom. The molecule has 3 aliphatic heterocycles. The summed E-state index contributed by atoms with van der Waals surface area (Å²) in [5, 5.41) is 0. The van der Waals surface area contributed by atoms with Gasteiger partial charge in [-0.3, -0.25) is 14.1 Å². The van der Waals surface area contributed by atoms with Crippen molar-refractivity contribution in [3.05, 3.63) is 78.7 Å². The first-order valence-corrected chi connectivity index (χ1v) is 13.6. The van der Waals surface area contributed by atoms with E-state index in [0.717, 1.165) is 11.4 Å². The Kier molecular flexibility index (Phi) is 5.64. The number of aromatic nitrogens is 2. The second-order valence-corrected chi connectivity index (χ2v) is 11.6. The van der Waals surface area contributed by atoms with Crippen molar-refractivity contribution in [3.8, 4) is 0 Å². The molecule has 1 unspecified atom stereocenters. The molecule has 0 bridgehead atoms. The summed E-state index contributed by atoms with van der Waals surface area (Å²) in [5.74, 6) is 0. The van der Waals surface area contributed by atoms with Gasteiger partial charge in [0.15, 0.2) is 5.71 Å². The van der Waals surface area contributed by atoms with Crippen LogP contribution < -0.4 is 0 Å². The average molecular weight is 496 g/mol. The molecule has 5 heterocycles. The van der Waals surface area contributed by atoms with E-state index in [1.165, 1.54) is 89.9 Å². The standard InChI is InChI=1S/C33H43N4/c1-15-19(5)29(34-25(15)11)23(9)30-20(6)16(2)26(12)35(30)33-36-27(13)17(3)21(7)31(36)24(10)32-22(8)18(4)28(14)37(32)33/h33H,1-14H3/q+1/b29-23-. The lowest BCUT2D eigenvalue weighted by molar-refractivity contribution is -0.548. The highest BCUT2D eigenvalue weighted by Gasteiger charge is 2.47. The van der Waals surface area contributed by atoms with E-state index in [0.29, 0.717) is 0 Å². The molecule has 3 aliphatic rings. The molecule has 2 aromatic heterocycles. The maximum atomic E-state index is 5.06. The molecular formula is C33H43N4+. The van der Waals surface area contributed by atoms with Crippen molar-refractivity contribution in [2.75, 3.05) is 0 Å². The number of fused-ring (bicyclic) bond motifs is 2. The zero-order valence-electron chi connectivity index (χ0n) is 25.4. The minimum absolute atomic E-state index is 0.0108. The van der Waals surface area contributed by atoms with Crippen LogP contribution in [0.3, 0.4) is 0 Å². The molecule has 0 aromatic carbocycles. The summed E-state index contributed by atoms with van der Waals surface area (Å²) < 4.78 is 7.81. The highest BCUT2D eigenvalue weighted by atomic mass is 15.4. The van der Waals surface area contributed by atoms with E-state index in [2.05, 4.69) is 111 Å². The van der Waals surface area contributed by atoms with Gasteiger partial charge in [0.05, 0.1) is 17.1 Å². The smallest absolute Gasteiger partial charge is 0.268 e. The number of hydrogen-bond acceptors (Lipinski definition) is 1. The van der Waals surface area contributed by atoms with E-state index >= 15 is 0 Å². The maximum absolute atomic E-state index is 5.06. The van der Waals surface area contributed by atoms with Gasteiger partial charge in [-0.25, -0.2) is 0 Å². The van der Waals surface area contributed by atoms with Crippen molar-refractivity contribution in [2.24, 2.45) is 4.99 Å². The van der Waals surface area contributed by atoms with Crippen LogP contribution in [0.1, 0.15) is 107 Å². The molecule has 4 nitrogen and oxygen atoms in total. The van der Waals surface area contributed by atoms with Crippen LogP contribution in [0.15, 0.2) is 38.7 Å². The van der Waals surface area contributed by atoms with Gasteiger partial charge >= 0.3 is 6.29 Å². The van der Waals surface area contributed by atoms with Gasteiger partial charge in [-0.15, -0.1) is 0 Å². The second-order valence-electron chi connectivity index (χ2n) is 11.6. The average Bonchev–Trinajstić information content (AvgIpc) is 3.43. The lowest BCUT2D eigenvalue weighted by Crippen LogP contribution is -2.37. The number of aliphatic imine (C=N–C) groups is 1. The van der Waals surface area contributed by atoms with Gasteiger partial charge in [-0.05, 0) is 129 Å². The molecule has 0 N–H and O–H groups in total. The fraction of sp³-hybridized carbons (Fsp3) is 0.455. The normalized spacial score (nSPS) is 21.0. The fourth-order valence-corrected chi connectivity index (χ4v) is 6.91. The Morgan fingerprint density at radius 3 is 1.76 bits per heavy atom. The Labute approximate surface area is 223 Å². The van der Waals surface area contributed by atoms with Gasteiger partial charge in [-0.2, -0.15) is 4.58 Å². The van der Waals surface area contributed by atoms with Gasteiger partial charge in [0.2, 0.25) is 5.70 Å². The van der Waals surface area contributed by atoms with Gasteiger partial charge in [0.25, 0.3) is 0 Å². The van der Waals surface area contributed by atoms with Crippen LogP contribution in [0.2, 0.25) is 0 Å². The molecular weight excluding hydrogens is 452 g/mol. The van der Waals surface area contributed by atoms with Crippen molar-refractivity contribution in [1.29, 1.82) is 0 Å². The van der Waals surface area contributed by atoms with Gasteiger partial charge < -0.3 is 0 Å². The third-order valence-corrected chi connectivity index (χ3v) is 10.0. The van der Waals surface area contributed by atoms with Crippen molar-refractivity contribution >= 4 is 22.6 Å². The van der Waals surface area contributed by atoms with Crippen LogP contribution in [-0.4, -0.2) is 25.1 Å². The van der Waals surface area contributed by atoms with Crippen LogP contribution in [0.5, 0.6) is 0 Å². The topological polar surface area (TPSA) is 25.2 Å². The molecule has 0 spiro atoms. The minimum atomic E-state index is -0.0108. The number of allylic oxidation sites excluding steroid dienone is 6. The predicted octanol–water partition coefficient (Wildman–Crippen LogP) is 8.25. The van der Waals surface area contributed by atoms with E-state index in [1.54, 1.807) is 0 Å². The van der Waals surface area contributed by atoms with Gasteiger partial charge in [-0.1, -0.05) is 0 Å². The zero-order valence-corrected chi connectivity index (χ0v) is 25.4. The van der Waals surface area contributed by atoms with Crippen LogP contribution in [0, 0.1) is 41.5 Å². The second kappa shape index (κ2) is 8.18. The third-order valence-electron chi connectivity index (χ3n) is 10.0. The molecule has 4 heteroatoms. The molecule has 0 aliphatic carbocycles. The molecule has 2 aromatic rings. The molecule has 37 heavy (non-hydrogen) atoms. The SMILES string of the molecule is CC1=N/C(=C(/C)c2c(C)c(C)c(C)n2C2n3c(C)c(C)c(C)c3C(C)=C3C(C)=C(C)C(C)=[N+]32)C(C)=C1C. The minimum Gasteiger partial charge on any atom is -0.268 e. The molecule has 0 amide bonds. The molecule has 0 saturated heterocycles. The molecule has 0 fully saturated rings. The Bertz CT molecular complexity index is 1630. The van der Waals surface area contributed by atoms with Crippen molar-refractivity contribution in [2.45, 2.75) is 103 Å². The van der Waals surface area contributed by atoms with Crippen molar-refractivity contribution in [3.63, 3.8) is 0 Å². The summed E-state index contributed by atoms with van der Waals surface area (Å²) in [7, 11) is 0. The number of rotatable bonds is 2. The quantitative estimate of drug-likeness (QED) is 0.375. The van der Waals surface area contributed by atoms with Crippen LogP contribution in [0.25, 0.3) is 11.1 Å². The fourth-order valence-electron chi connectivity index (χ4n) is 6.91. The largest absolute Gasteiger partial charge is 0.325 e. The first-order chi connectivity index (χ1) is 17.2. The van der Waals surface area contributed by atoms with Crippen molar-refractivity contribution < 1.29 is 4.58 Å². The monoisotopic (exact) mass is 495 g/mol. The summed E-state index contributed by atoms with van der Waals surface area (Å²) in [6.07, 6.45) is -0.0108. The van der Waals surface area contributed by atoms with Crippen molar-refractivity contribution in [1.82, 2.24) is 9.13 Å². The highest BCUT2D eigenvalue weighted by molar-refractivity contribution is 6.04. The van der Waals surface area contributed by atoms with Gasteiger partial charge in [0.1, 0.15) is 0 Å². The maximum Gasteiger partial charge on any atom is 0.325 e. The summed E-state index contributed by atoms with van der Waals surface area (Å²) >= 11 is 0. The van der Waals surface area contributed by atoms with Crippen LogP contribution >= 0.6 is 0 Å². The predicted molar refractivity (Wildman–Crippen MR) is 158 cm³/mol. The Hall–Kier alpha value is -3.14. The Morgan fingerprint density at radius 2 is 1.19 bits per heavy atom. The first-order valence-electron chi connectivity index (χ1n) is 13.6. The zero-order chi connectivity index (χ0) is 27.4. The van der Waals surface area contributed by atoms with E-state index in [1.807, 2.05) is 0 Å². The van der Waals surface area contributed by atoms with Crippen LogP contribution in [-0.2, 0) is 0 Å². The first kappa shape index (κ1) is 25.5. The van der Waals surface area contributed by atoms with Gasteiger partial charge in [0, 0.05) is 40.7 Å². The number of nitrogens with zero attached hydrogens (tertiary/aromatic N) is 4. The molecule has 194 valence electrons. The molecule has 1 atom stereocenters. The van der Waals surface area contributed by atoms with E-state index in [4.69, 9.17) is 4.99 Å². The molecule has 0 saturated carbocycles. The lowest BCUT2D eigenvalue weighted by Gasteiger charge is -2.31. The third kappa shape index (κ3) is 3.08. The molecule has 0 radical (unpaired) electrons. The van der Waals surface area contributed by atoms with E-state index in [-0.39, 0.29) is 6.29 Å².